The van der Waals surface area contributed by atoms with Gasteiger partial charge in [0.25, 0.3) is 5.91 Å². The summed E-state index contributed by atoms with van der Waals surface area (Å²) in [5, 5.41) is 4.19. The van der Waals surface area contributed by atoms with Gasteiger partial charge in [-0.05, 0) is 5.56 Å². The first-order chi connectivity index (χ1) is 11.5. The van der Waals surface area contributed by atoms with Crippen LogP contribution in [0.15, 0.2) is 30.3 Å². The van der Waals surface area contributed by atoms with Crippen molar-refractivity contribution in [2.24, 2.45) is 0 Å². The summed E-state index contributed by atoms with van der Waals surface area (Å²) in [5.41, 5.74) is 0.935. The molecule has 24 heavy (non-hydrogen) atoms. The molecule has 126 valence electrons. The molecule has 0 spiro atoms. The van der Waals surface area contributed by atoms with Crippen LogP contribution in [0, 0.1) is 0 Å². The fraction of sp³-hybridized carbons (Fsp3) is 0.375. The van der Waals surface area contributed by atoms with Crippen molar-refractivity contribution in [3.05, 3.63) is 47.5 Å². The van der Waals surface area contributed by atoms with Crippen molar-refractivity contribution in [1.82, 2.24) is 24.6 Å². The lowest BCUT2D eigenvalue weighted by Crippen LogP contribution is -2.39. The Morgan fingerprint density at radius 1 is 1.21 bits per heavy atom. The summed E-state index contributed by atoms with van der Waals surface area (Å²) in [7, 11) is 3.30. The molecule has 0 aliphatic carbocycles. The van der Waals surface area contributed by atoms with Crippen LogP contribution in [0.2, 0.25) is 0 Å². The number of amides is 2. The summed E-state index contributed by atoms with van der Waals surface area (Å²) < 4.78 is 6.99. The third-order valence-electron chi connectivity index (χ3n) is 3.72. The van der Waals surface area contributed by atoms with Crippen LogP contribution < -0.4 is 0 Å². The molecule has 3 rings (SSSR count). The van der Waals surface area contributed by atoms with E-state index in [0.29, 0.717) is 18.9 Å². The van der Waals surface area contributed by atoms with Gasteiger partial charge < -0.3 is 9.64 Å². The summed E-state index contributed by atoms with van der Waals surface area (Å²) in [6.07, 6.45) is -0.395. The molecule has 0 atom stereocenters. The van der Waals surface area contributed by atoms with Gasteiger partial charge in [-0.2, -0.15) is 0 Å². The molecular weight excluding hydrogens is 310 g/mol. The molecule has 1 aliphatic rings. The molecule has 1 aliphatic heterocycles. The number of fused-ring (bicyclic) bond motifs is 1. The van der Waals surface area contributed by atoms with E-state index in [2.05, 4.69) is 10.1 Å². The van der Waals surface area contributed by atoms with E-state index < -0.39 is 6.09 Å². The van der Waals surface area contributed by atoms with E-state index in [-0.39, 0.29) is 24.9 Å². The smallest absolute Gasteiger partial charge is 0.410 e. The van der Waals surface area contributed by atoms with E-state index >= 15 is 0 Å². The Labute approximate surface area is 139 Å². The molecule has 2 aromatic rings. The van der Waals surface area contributed by atoms with Crippen LogP contribution >= 0.6 is 0 Å². The van der Waals surface area contributed by atoms with E-state index in [4.69, 9.17) is 4.74 Å². The highest BCUT2D eigenvalue weighted by atomic mass is 16.6. The lowest BCUT2D eigenvalue weighted by Gasteiger charge is -2.25. The minimum absolute atomic E-state index is 0.148. The van der Waals surface area contributed by atoms with Crippen LogP contribution in [0.4, 0.5) is 4.79 Å². The zero-order valence-corrected chi connectivity index (χ0v) is 13.7. The summed E-state index contributed by atoms with van der Waals surface area (Å²) in [6, 6.07) is 9.51. The summed E-state index contributed by atoms with van der Waals surface area (Å²) in [4.78, 5) is 31.3. The highest BCUT2D eigenvalue weighted by Crippen LogP contribution is 2.13. The number of aromatic nitrogens is 3. The standard InChI is InChI=1S/C16H19N5O3/c1-19(2)15(22)14-17-13-10-20(8-9-21(13)18-14)16(23)24-11-12-6-4-3-5-7-12/h3-7H,8-11H2,1-2H3. The van der Waals surface area contributed by atoms with Gasteiger partial charge in [-0.3, -0.25) is 9.69 Å². The maximum absolute atomic E-state index is 12.2. The van der Waals surface area contributed by atoms with Crippen LogP contribution in [0.25, 0.3) is 0 Å². The zero-order valence-electron chi connectivity index (χ0n) is 13.7. The predicted octanol–water partition coefficient (Wildman–Crippen LogP) is 1.13. The Morgan fingerprint density at radius 3 is 2.67 bits per heavy atom. The van der Waals surface area contributed by atoms with Crippen molar-refractivity contribution in [1.29, 1.82) is 0 Å². The van der Waals surface area contributed by atoms with E-state index in [1.165, 1.54) is 4.90 Å². The number of ether oxygens (including phenoxy) is 1. The Balaban J connectivity index is 1.62. The van der Waals surface area contributed by atoms with Crippen LogP contribution in [0.3, 0.4) is 0 Å². The topological polar surface area (TPSA) is 80.6 Å². The quantitative estimate of drug-likeness (QED) is 0.843. The maximum atomic E-state index is 12.2. The second-order valence-corrected chi connectivity index (χ2v) is 5.74. The molecule has 0 fully saturated rings. The number of benzene rings is 1. The lowest BCUT2D eigenvalue weighted by atomic mass is 10.2. The molecule has 0 N–H and O–H groups in total. The van der Waals surface area contributed by atoms with Gasteiger partial charge in [0, 0.05) is 20.6 Å². The third-order valence-corrected chi connectivity index (χ3v) is 3.72. The van der Waals surface area contributed by atoms with Crippen LogP contribution in [0.1, 0.15) is 22.0 Å². The molecule has 0 saturated carbocycles. The molecule has 2 amide bonds. The van der Waals surface area contributed by atoms with Crippen LogP contribution in [0.5, 0.6) is 0 Å². The molecule has 0 unspecified atom stereocenters. The number of carbonyl (C=O) groups is 2. The molecule has 0 bridgehead atoms. The van der Waals surface area contributed by atoms with E-state index in [1.54, 1.807) is 23.7 Å². The monoisotopic (exact) mass is 329 g/mol. The highest BCUT2D eigenvalue weighted by Gasteiger charge is 2.26. The fourth-order valence-corrected chi connectivity index (χ4v) is 2.39. The molecule has 1 aromatic carbocycles. The second kappa shape index (κ2) is 6.69. The SMILES string of the molecule is CN(C)C(=O)c1nc2n(n1)CCN(C(=O)OCc1ccccc1)C2. The zero-order chi connectivity index (χ0) is 17.1. The van der Waals surface area contributed by atoms with Crippen molar-refractivity contribution in [2.75, 3.05) is 20.6 Å². The fourth-order valence-electron chi connectivity index (χ4n) is 2.39. The number of hydrogen-bond donors (Lipinski definition) is 0. The Bertz CT molecular complexity index is 741. The minimum Gasteiger partial charge on any atom is -0.445 e. The largest absolute Gasteiger partial charge is 0.445 e. The van der Waals surface area contributed by atoms with Crippen molar-refractivity contribution < 1.29 is 14.3 Å². The average Bonchev–Trinajstić information content (AvgIpc) is 3.02. The van der Waals surface area contributed by atoms with Crippen LogP contribution in [-0.4, -0.2) is 57.2 Å². The Hall–Kier alpha value is -2.90. The third kappa shape index (κ3) is 3.37. The maximum Gasteiger partial charge on any atom is 0.410 e. The van der Waals surface area contributed by atoms with Crippen molar-refractivity contribution >= 4 is 12.0 Å². The molecular formula is C16H19N5O3. The van der Waals surface area contributed by atoms with E-state index in [0.717, 1.165) is 5.56 Å². The van der Waals surface area contributed by atoms with Gasteiger partial charge in [0.15, 0.2) is 0 Å². The van der Waals surface area contributed by atoms with Gasteiger partial charge in [-0.25, -0.2) is 14.5 Å². The lowest BCUT2D eigenvalue weighted by molar-refractivity contribution is 0.0813. The van der Waals surface area contributed by atoms with Crippen molar-refractivity contribution in [3.63, 3.8) is 0 Å². The summed E-state index contributed by atoms with van der Waals surface area (Å²) in [5.74, 6) is 0.479. The van der Waals surface area contributed by atoms with Gasteiger partial charge in [0.05, 0.1) is 13.1 Å². The summed E-state index contributed by atoms with van der Waals surface area (Å²) >= 11 is 0. The van der Waals surface area contributed by atoms with Crippen LogP contribution in [-0.2, 0) is 24.4 Å². The first kappa shape index (κ1) is 16.0. The number of carbonyl (C=O) groups excluding carboxylic acids is 2. The molecule has 8 nitrogen and oxygen atoms in total. The molecule has 0 saturated heterocycles. The Morgan fingerprint density at radius 2 is 1.96 bits per heavy atom. The normalized spacial score (nSPS) is 13.3. The predicted molar refractivity (Wildman–Crippen MR) is 85.1 cm³/mol. The van der Waals surface area contributed by atoms with E-state index in [1.807, 2.05) is 30.3 Å². The first-order valence-electron chi connectivity index (χ1n) is 7.65. The van der Waals surface area contributed by atoms with Gasteiger partial charge in [-0.15, -0.1) is 5.10 Å². The number of hydrogen-bond acceptors (Lipinski definition) is 5. The highest BCUT2D eigenvalue weighted by molar-refractivity contribution is 5.90. The minimum atomic E-state index is -0.395. The Kier molecular flexibility index (Phi) is 4.45. The van der Waals surface area contributed by atoms with Gasteiger partial charge in [0.1, 0.15) is 12.4 Å². The molecule has 8 heteroatoms. The number of rotatable bonds is 3. The summed E-state index contributed by atoms with van der Waals surface area (Å²) in [6.45, 7) is 1.47. The van der Waals surface area contributed by atoms with Crippen molar-refractivity contribution in [3.8, 4) is 0 Å². The molecule has 0 radical (unpaired) electrons. The van der Waals surface area contributed by atoms with E-state index in [9.17, 15) is 9.59 Å². The molecule has 1 aromatic heterocycles. The van der Waals surface area contributed by atoms with Crippen molar-refractivity contribution in [2.45, 2.75) is 19.7 Å². The second-order valence-electron chi connectivity index (χ2n) is 5.74. The molecule has 2 heterocycles. The average molecular weight is 329 g/mol. The van der Waals surface area contributed by atoms with Gasteiger partial charge >= 0.3 is 6.09 Å². The number of nitrogens with zero attached hydrogens (tertiary/aromatic N) is 5. The first-order valence-corrected chi connectivity index (χ1v) is 7.65. The van der Waals surface area contributed by atoms with Gasteiger partial charge in [0.2, 0.25) is 5.82 Å². The van der Waals surface area contributed by atoms with Gasteiger partial charge in [-0.1, -0.05) is 30.3 Å².